The first kappa shape index (κ1) is 14.7. The molecule has 1 unspecified atom stereocenters. The fourth-order valence-electron chi connectivity index (χ4n) is 1.71. The van der Waals surface area contributed by atoms with E-state index in [0.29, 0.717) is 12.8 Å². The van der Waals surface area contributed by atoms with Crippen LogP contribution in [0.5, 0.6) is 0 Å². The summed E-state index contributed by atoms with van der Waals surface area (Å²) in [5, 5.41) is 17.2. The quantitative estimate of drug-likeness (QED) is 0.762. The Morgan fingerprint density at radius 2 is 1.79 bits per heavy atom. The van der Waals surface area contributed by atoms with Crippen LogP contribution >= 0.6 is 0 Å². The zero-order valence-electron chi connectivity index (χ0n) is 10.6. The third kappa shape index (κ3) is 4.79. The number of amides is 1. The van der Waals surface area contributed by atoms with Crippen LogP contribution < -0.4 is 5.73 Å². The Hall–Kier alpha value is -2.37. The molecule has 2 N–H and O–H groups in total. The van der Waals surface area contributed by atoms with Gasteiger partial charge in [0.1, 0.15) is 13.1 Å². The normalized spacial score (nSPS) is 11.1. The summed E-state index contributed by atoms with van der Waals surface area (Å²) in [5.41, 5.74) is 6.93. The van der Waals surface area contributed by atoms with Gasteiger partial charge < -0.3 is 10.6 Å². The topological polar surface area (TPSA) is 93.9 Å². The highest BCUT2D eigenvalue weighted by molar-refractivity contribution is 5.82. The number of hydrogen-bond donors (Lipinski definition) is 1. The highest BCUT2D eigenvalue weighted by Crippen LogP contribution is 2.06. The molecule has 0 aliphatic heterocycles. The molecule has 5 nitrogen and oxygen atoms in total. The zero-order valence-corrected chi connectivity index (χ0v) is 10.6. The molecule has 0 radical (unpaired) electrons. The second-order valence-electron chi connectivity index (χ2n) is 4.14. The van der Waals surface area contributed by atoms with Gasteiger partial charge in [0.05, 0.1) is 18.2 Å². The van der Waals surface area contributed by atoms with Gasteiger partial charge >= 0.3 is 0 Å². The summed E-state index contributed by atoms with van der Waals surface area (Å²) >= 11 is 0. The van der Waals surface area contributed by atoms with Crippen LogP contribution in [-0.2, 0) is 11.2 Å². The molecular weight excluding hydrogens is 240 g/mol. The largest absolute Gasteiger partial charge is 0.320 e. The summed E-state index contributed by atoms with van der Waals surface area (Å²) in [7, 11) is 0. The van der Waals surface area contributed by atoms with Crippen molar-refractivity contribution in [3.05, 3.63) is 35.9 Å². The van der Waals surface area contributed by atoms with Crippen LogP contribution in [0.3, 0.4) is 0 Å². The molecule has 0 fully saturated rings. The molecule has 98 valence electrons. The Morgan fingerprint density at radius 1 is 1.21 bits per heavy atom. The monoisotopic (exact) mass is 256 g/mol. The van der Waals surface area contributed by atoms with Crippen molar-refractivity contribution in [3.63, 3.8) is 0 Å². The third-order valence-corrected chi connectivity index (χ3v) is 2.74. The van der Waals surface area contributed by atoms with Crippen molar-refractivity contribution < 1.29 is 4.79 Å². The first-order chi connectivity index (χ1) is 9.19. The fraction of sp³-hybridized carbons (Fsp3) is 0.357. The van der Waals surface area contributed by atoms with E-state index in [0.717, 1.165) is 5.56 Å². The van der Waals surface area contributed by atoms with Crippen molar-refractivity contribution in [3.8, 4) is 12.1 Å². The molecule has 1 rings (SSSR count). The van der Waals surface area contributed by atoms with Crippen molar-refractivity contribution in [1.82, 2.24) is 4.90 Å². The van der Waals surface area contributed by atoms with Crippen LogP contribution in [-0.4, -0.2) is 29.9 Å². The lowest BCUT2D eigenvalue weighted by atomic mass is 10.0. The molecule has 19 heavy (non-hydrogen) atoms. The number of benzene rings is 1. The van der Waals surface area contributed by atoms with Gasteiger partial charge in [0.15, 0.2) is 0 Å². The molecule has 0 aliphatic rings. The Labute approximate surface area is 112 Å². The molecule has 0 spiro atoms. The van der Waals surface area contributed by atoms with Crippen LogP contribution in [0.2, 0.25) is 0 Å². The summed E-state index contributed by atoms with van der Waals surface area (Å²) in [6.45, 7) is -0.211. The van der Waals surface area contributed by atoms with Gasteiger partial charge in [-0.25, -0.2) is 0 Å². The van der Waals surface area contributed by atoms with Gasteiger partial charge in [-0.2, -0.15) is 10.5 Å². The predicted molar refractivity (Wildman–Crippen MR) is 70.5 cm³/mol. The summed E-state index contributed by atoms with van der Waals surface area (Å²) in [6.07, 6.45) is 1.19. The van der Waals surface area contributed by atoms with E-state index in [4.69, 9.17) is 16.3 Å². The number of nitrogens with two attached hydrogens (primary N) is 1. The van der Waals surface area contributed by atoms with E-state index in [1.54, 1.807) is 0 Å². The second kappa shape index (κ2) is 7.86. The highest BCUT2D eigenvalue weighted by Gasteiger charge is 2.20. The van der Waals surface area contributed by atoms with E-state index in [1.165, 1.54) is 4.90 Å². The number of nitrogens with zero attached hydrogens (tertiary/aromatic N) is 3. The predicted octanol–water partition coefficient (Wildman–Crippen LogP) is 0.822. The Balaban J connectivity index is 2.52. The van der Waals surface area contributed by atoms with Crippen LogP contribution in [0.4, 0.5) is 0 Å². The Bertz CT molecular complexity index is 470. The molecule has 0 saturated carbocycles. The second-order valence-corrected chi connectivity index (χ2v) is 4.14. The molecule has 1 atom stereocenters. The first-order valence-corrected chi connectivity index (χ1v) is 6.01. The molecule has 1 aromatic rings. The molecule has 0 heterocycles. The minimum absolute atomic E-state index is 0.106. The van der Waals surface area contributed by atoms with Crippen molar-refractivity contribution in [2.45, 2.75) is 18.9 Å². The summed E-state index contributed by atoms with van der Waals surface area (Å²) in [5.74, 6) is -0.348. The van der Waals surface area contributed by atoms with Gasteiger partial charge in [-0.15, -0.1) is 0 Å². The molecule has 1 amide bonds. The van der Waals surface area contributed by atoms with Crippen molar-refractivity contribution in [2.75, 3.05) is 13.1 Å². The summed E-state index contributed by atoms with van der Waals surface area (Å²) < 4.78 is 0. The van der Waals surface area contributed by atoms with Gasteiger partial charge in [0.2, 0.25) is 5.91 Å². The van der Waals surface area contributed by atoms with Crippen molar-refractivity contribution >= 4 is 5.91 Å². The van der Waals surface area contributed by atoms with Crippen LogP contribution in [0, 0.1) is 22.7 Å². The number of carbonyl (C=O) groups is 1. The maximum Gasteiger partial charge on any atom is 0.241 e. The molecular formula is C14H16N4O. The van der Waals surface area contributed by atoms with Crippen LogP contribution in [0.15, 0.2) is 30.3 Å². The molecule has 1 aromatic carbocycles. The van der Waals surface area contributed by atoms with Crippen LogP contribution in [0.25, 0.3) is 0 Å². The fourth-order valence-corrected chi connectivity index (χ4v) is 1.71. The van der Waals surface area contributed by atoms with E-state index in [1.807, 2.05) is 42.5 Å². The highest BCUT2D eigenvalue weighted by atomic mass is 16.2. The molecule has 0 aromatic heterocycles. The first-order valence-electron chi connectivity index (χ1n) is 6.01. The van der Waals surface area contributed by atoms with E-state index >= 15 is 0 Å². The number of hydrogen-bond acceptors (Lipinski definition) is 4. The van der Waals surface area contributed by atoms with Gasteiger partial charge in [-0.1, -0.05) is 30.3 Å². The maximum atomic E-state index is 11.9. The number of rotatable bonds is 6. The average Bonchev–Trinajstić information content (AvgIpc) is 2.45. The SMILES string of the molecule is N#CCN(CC#N)C(=O)C(N)CCc1ccccc1. The molecule has 5 heteroatoms. The Morgan fingerprint density at radius 3 is 2.32 bits per heavy atom. The van der Waals surface area contributed by atoms with Gasteiger partial charge in [-0.05, 0) is 18.4 Å². The average molecular weight is 256 g/mol. The van der Waals surface area contributed by atoms with E-state index in [2.05, 4.69) is 0 Å². The minimum atomic E-state index is -0.679. The number of nitriles is 2. The van der Waals surface area contributed by atoms with E-state index in [-0.39, 0.29) is 19.0 Å². The molecule has 0 saturated heterocycles. The third-order valence-electron chi connectivity index (χ3n) is 2.74. The number of carbonyl (C=O) groups excluding carboxylic acids is 1. The molecule has 0 bridgehead atoms. The van der Waals surface area contributed by atoms with Crippen molar-refractivity contribution in [2.24, 2.45) is 5.73 Å². The lowest BCUT2D eigenvalue weighted by molar-refractivity contribution is -0.131. The number of aryl methyl sites for hydroxylation is 1. The minimum Gasteiger partial charge on any atom is -0.320 e. The lowest BCUT2D eigenvalue weighted by Gasteiger charge is -2.20. The smallest absolute Gasteiger partial charge is 0.241 e. The standard InChI is InChI=1S/C14H16N4O/c15-8-10-18(11-9-16)14(19)13(17)7-6-12-4-2-1-3-5-12/h1-5,13H,6-7,10-11,17H2. The zero-order chi connectivity index (χ0) is 14.1. The molecule has 0 aliphatic carbocycles. The van der Waals surface area contributed by atoms with E-state index in [9.17, 15) is 4.79 Å². The van der Waals surface area contributed by atoms with E-state index < -0.39 is 6.04 Å². The van der Waals surface area contributed by atoms with Gasteiger partial charge in [-0.3, -0.25) is 4.79 Å². The summed E-state index contributed by atoms with van der Waals surface area (Å²) in [4.78, 5) is 13.1. The maximum absolute atomic E-state index is 11.9. The van der Waals surface area contributed by atoms with Crippen LogP contribution in [0.1, 0.15) is 12.0 Å². The summed E-state index contributed by atoms with van der Waals surface area (Å²) in [6, 6.07) is 12.8. The van der Waals surface area contributed by atoms with Gasteiger partial charge in [0.25, 0.3) is 0 Å². The Kier molecular flexibility index (Phi) is 6.08. The van der Waals surface area contributed by atoms with Crippen molar-refractivity contribution in [1.29, 1.82) is 10.5 Å². The van der Waals surface area contributed by atoms with Gasteiger partial charge in [0, 0.05) is 0 Å². The lowest BCUT2D eigenvalue weighted by Crippen LogP contribution is -2.44.